The van der Waals surface area contributed by atoms with Crippen LogP contribution in [0, 0.1) is 6.92 Å². The number of nitrogens with one attached hydrogen (secondary N) is 1. The summed E-state index contributed by atoms with van der Waals surface area (Å²) in [5.74, 6) is -0.530. The molecule has 0 aliphatic carbocycles. The molecule has 0 aromatic heterocycles. The molecule has 4 rings (SSSR count). The minimum atomic E-state index is -4.80. The Hall–Kier alpha value is -3.48. The van der Waals surface area contributed by atoms with E-state index in [1.165, 1.54) is 25.3 Å². The fourth-order valence-corrected chi connectivity index (χ4v) is 4.20. The van der Waals surface area contributed by atoms with E-state index in [4.69, 9.17) is 10.5 Å². The first kappa shape index (κ1) is 28.1. The largest absolute Gasteiger partial charge is 0.505 e. The zero-order chi connectivity index (χ0) is 26.0. The number of hydrogen-bond acceptors (Lipinski definition) is 8. The van der Waals surface area contributed by atoms with Crippen molar-refractivity contribution in [2.24, 2.45) is 10.2 Å². The van der Waals surface area contributed by atoms with Gasteiger partial charge in [0.05, 0.1) is 7.11 Å². The van der Waals surface area contributed by atoms with Gasteiger partial charge in [0.25, 0.3) is 16.0 Å². The maximum absolute atomic E-state index is 12.5. The van der Waals surface area contributed by atoms with E-state index in [1.54, 1.807) is 42.5 Å². The summed E-state index contributed by atoms with van der Waals surface area (Å²) in [7, 11) is -3.35. The molecule has 0 spiro atoms. The molecule has 1 amide bonds. The van der Waals surface area contributed by atoms with E-state index < -0.39 is 32.4 Å². The van der Waals surface area contributed by atoms with Gasteiger partial charge in [0.1, 0.15) is 22.0 Å². The van der Waals surface area contributed by atoms with Crippen LogP contribution in [0.2, 0.25) is 0 Å². The molecule has 37 heavy (non-hydrogen) atoms. The standard InChI is InChI=1S/C25H22N4O6S.Na/c1-14-3-10-21(35-2)20(11-14)28-29-23-22(36(32,33)34)13-16-12-18(8-9-19(16)24(23)30)27-25(31)15-4-6-17(26)7-5-15;/h3-13,30H,26H2,1-2H3,(H,27,31)(H,32,33,34);. The third kappa shape index (κ3) is 6.27. The number of phenols is 1. The van der Waals surface area contributed by atoms with Gasteiger partial charge in [-0.1, -0.05) is 6.07 Å². The maximum atomic E-state index is 12.5. The van der Waals surface area contributed by atoms with Crippen molar-refractivity contribution in [1.82, 2.24) is 0 Å². The number of carbonyl (C=O) groups is 1. The fourth-order valence-electron chi connectivity index (χ4n) is 3.54. The van der Waals surface area contributed by atoms with Gasteiger partial charge in [-0.3, -0.25) is 9.35 Å². The monoisotopic (exact) mass is 529 g/mol. The van der Waals surface area contributed by atoms with Gasteiger partial charge in [-0.25, -0.2) is 0 Å². The van der Waals surface area contributed by atoms with Crippen molar-refractivity contribution >= 4 is 79.1 Å². The van der Waals surface area contributed by atoms with Crippen LogP contribution >= 0.6 is 0 Å². The summed E-state index contributed by atoms with van der Waals surface area (Å²) >= 11 is 0. The second kappa shape index (κ2) is 11.3. The predicted molar refractivity (Wildman–Crippen MR) is 142 cm³/mol. The molecule has 0 atom stereocenters. The second-order valence-corrected chi connectivity index (χ2v) is 9.32. The number of nitrogens with two attached hydrogens (primary N) is 1. The molecule has 4 aromatic carbocycles. The Bertz CT molecular complexity index is 1620. The van der Waals surface area contributed by atoms with E-state index in [9.17, 15) is 22.9 Å². The minimum Gasteiger partial charge on any atom is -0.505 e. The first-order chi connectivity index (χ1) is 17.1. The molecule has 0 unspecified atom stereocenters. The van der Waals surface area contributed by atoms with E-state index in [0.29, 0.717) is 28.4 Å². The first-order valence-corrected chi connectivity index (χ1v) is 12.0. The summed E-state index contributed by atoms with van der Waals surface area (Å²) in [6.07, 6.45) is 0. The van der Waals surface area contributed by atoms with Gasteiger partial charge in [-0.15, -0.1) is 10.2 Å². The summed E-state index contributed by atoms with van der Waals surface area (Å²) in [6.45, 7) is 1.83. The number of methoxy groups -OCH3 is 1. The number of aromatic hydroxyl groups is 1. The molecule has 4 aromatic rings. The number of azo groups is 1. The molecule has 0 saturated carbocycles. The molecular formula is C25H22N4NaO6S. The van der Waals surface area contributed by atoms with Gasteiger partial charge in [0, 0.05) is 51.9 Å². The molecule has 0 aliphatic rings. The number of benzene rings is 4. The molecule has 0 aliphatic heterocycles. The van der Waals surface area contributed by atoms with Crippen molar-refractivity contribution in [3.63, 3.8) is 0 Å². The van der Waals surface area contributed by atoms with Crippen LogP contribution in [0.5, 0.6) is 11.5 Å². The van der Waals surface area contributed by atoms with Crippen LogP contribution < -0.4 is 15.8 Å². The van der Waals surface area contributed by atoms with Crippen molar-refractivity contribution in [2.75, 3.05) is 18.2 Å². The van der Waals surface area contributed by atoms with Gasteiger partial charge < -0.3 is 20.9 Å². The number of rotatable bonds is 6. The normalized spacial score (nSPS) is 11.3. The van der Waals surface area contributed by atoms with Gasteiger partial charge in [0.15, 0.2) is 5.75 Å². The Balaban J connectivity index is 0.00000380. The van der Waals surface area contributed by atoms with Crippen molar-refractivity contribution in [1.29, 1.82) is 0 Å². The van der Waals surface area contributed by atoms with Crippen LogP contribution in [0.1, 0.15) is 15.9 Å². The number of ether oxygens (including phenoxy) is 1. The smallest absolute Gasteiger partial charge is 0.296 e. The first-order valence-electron chi connectivity index (χ1n) is 10.6. The van der Waals surface area contributed by atoms with Crippen LogP contribution in [0.3, 0.4) is 0 Å². The van der Waals surface area contributed by atoms with E-state index in [1.807, 2.05) is 6.92 Å². The zero-order valence-corrected chi connectivity index (χ0v) is 23.1. The summed E-state index contributed by atoms with van der Waals surface area (Å²) in [6, 6.07) is 17.1. The quantitative estimate of drug-likeness (QED) is 0.118. The van der Waals surface area contributed by atoms with Crippen molar-refractivity contribution in [3.05, 3.63) is 77.9 Å². The number of phenolic OH excluding ortho intramolecular Hbond substituents is 1. The average Bonchev–Trinajstić information content (AvgIpc) is 2.83. The van der Waals surface area contributed by atoms with Gasteiger partial charge >= 0.3 is 0 Å². The van der Waals surface area contributed by atoms with Crippen LogP contribution in [0.15, 0.2) is 81.9 Å². The number of anilines is 2. The van der Waals surface area contributed by atoms with Crippen LogP contribution in [-0.4, -0.2) is 60.7 Å². The zero-order valence-electron chi connectivity index (χ0n) is 20.3. The topological polar surface area (TPSA) is 164 Å². The third-order valence-electron chi connectivity index (χ3n) is 5.35. The number of amides is 1. The number of nitrogen functional groups attached to an aromatic ring is 1. The second-order valence-electron chi connectivity index (χ2n) is 7.93. The molecule has 0 fully saturated rings. The molecule has 0 heterocycles. The fraction of sp³-hybridized carbons (Fsp3) is 0.0800. The van der Waals surface area contributed by atoms with Crippen molar-refractivity contribution in [3.8, 4) is 11.5 Å². The number of aryl methyl sites for hydroxylation is 1. The van der Waals surface area contributed by atoms with Crippen LogP contribution in [0.4, 0.5) is 22.7 Å². The molecule has 0 saturated heterocycles. The predicted octanol–water partition coefficient (Wildman–Crippen LogP) is 4.98. The SMILES string of the molecule is COc1ccc(C)cc1N=Nc1c(S(=O)(=O)O)cc2cc(NC(=O)c3ccc(N)cc3)ccc2c1O.[Na]. The molecule has 10 nitrogen and oxygen atoms in total. The van der Waals surface area contributed by atoms with E-state index >= 15 is 0 Å². The molecule has 1 radical (unpaired) electrons. The average molecular weight is 530 g/mol. The van der Waals surface area contributed by atoms with Crippen LogP contribution in [0.25, 0.3) is 10.8 Å². The summed E-state index contributed by atoms with van der Waals surface area (Å²) in [5, 5.41) is 22.0. The van der Waals surface area contributed by atoms with Gasteiger partial charge in [0.2, 0.25) is 0 Å². The Morgan fingerprint density at radius 2 is 1.70 bits per heavy atom. The van der Waals surface area contributed by atoms with E-state index in [0.717, 1.165) is 11.6 Å². The van der Waals surface area contributed by atoms with Gasteiger partial charge in [-0.2, -0.15) is 8.42 Å². The number of nitrogens with zero attached hydrogens (tertiary/aromatic N) is 2. The Morgan fingerprint density at radius 1 is 1.00 bits per heavy atom. The van der Waals surface area contributed by atoms with Crippen LogP contribution in [-0.2, 0) is 10.1 Å². The molecule has 0 bridgehead atoms. The number of fused-ring (bicyclic) bond motifs is 1. The summed E-state index contributed by atoms with van der Waals surface area (Å²) < 4.78 is 39.4. The molecule has 12 heteroatoms. The molecule has 5 N–H and O–H groups in total. The Labute approximate surface area is 235 Å². The summed E-state index contributed by atoms with van der Waals surface area (Å²) in [5.41, 5.74) is 7.59. The van der Waals surface area contributed by atoms with Crippen molar-refractivity contribution < 1.29 is 27.6 Å². The van der Waals surface area contributed by atoms with Gasteiger partial charge in [-0.05, 0) is 78.5 Å². The molecule has 185 valence electrons. The van der Waals surface area contributed by atoms with Crippen molar-refractivity contribution in [2.45, 2.75) is 11.8 Å². The summed E-state index contributed by atoms with van der Waals surface area (Å²) in [4.78, 5) is 11.9. The number of carbonyl (C=O) groups excluding carboxylic acids is 1. The minimum absolute atomic E-state index is 0. The van der Waals surface area contributed by atoms with E-state index in [-0.39, 0.29) is 40.3 Å². The maximum Gasteiger partial charge on any atom is 0.296 e. The Kier molecular flexibility index (Phi) is 8.57. The van der Waals surface area contributed by atoms with E-state index in [2.05, 4.69) is 15.5 Å². The third-order valence-corrected chi connectivity index (χ3v) is 6.22. The number of hydrogen-bond donors (Lipinski definition) is 4. The molecular weight excluding hydrogens is 507 g/mol. The Morgan fingerprint density at radius 3 is 2.35 bits per heavy atom.